The lowest BCUT2D eigenvalue weighted by Crippen LogP contribution is -1.87. The van der Waals surface area contributed by atoms with Crippen LogP contribution in [0, 0.1) is 0 Å². The molecule has 6 rings (SSSR count). The Morgan fingerprint density at radius 2 is 0.857 bits per heavy atom. The third kappa shape index (κ3) is 1.87. The molecular formula is C26H16O2. The fourth-order valence-electron chi connectivity index (χ4n) is 4.60. The highest BCUT2D eigenvalue weighted by Gasteiger charge is 2.15. The van der Waals surface area contributed by atoms with E-state index in [1.54, 1.807) is 6.07 Å². The zero-order valence-corrected chi connectivity index (χ0v) is 15.0. The van der Waals surface area contributed by atoms with Crippen LogP contribution in [-0.4, -0.2) is 10.2 Å². The van der Waals surface area contributed by atoms with E-state index in [9.17, 15) is 10.2 Å². The predicted octanol–water partition coefficient (Wildman–Crippen LogP) is 6.86. The first-order chi connectivity index (χ1) is 13.7. The normalized spacial score (nSPS) is 11.9. The summed E-state index contributed by atoms with van der Waals surface area (Å²) in [5.41, 5.74) is 0. The van der Waals surface area contributed by atoms with Gasteiger partial charge in [-0.1, -0.05) is 66.7 Å². The highest BCUT2D eigenvalue weighted by atomic mass is 16.3. The molecule has 0 amide bonds. The van der Waals surface area contributed by atoms with Crippen molar-refractivity contribution in [3.05, 3.63) is 84.9 Å². The fourth-order valence-corrected chi connectivity index (χ4v) is 4.60. The van der Waals surface area contributed by atoms with E-state index >= 15 is 0 Å². The first kappa shape index (κ1) is 15.3. The van der Waals surface area contributed by atoms with E-state index in [1.165, 1.54) is 26.9 Å². The third-order valence-corrected chi connectivity index (χ3v) is 5.84. The molecule has 0 aliphatic rings. The van der Waals surface area contributed by atoms with Gasteiger partial charge in [0.05, 0.1) is 0 Å². The summed E-state index contributed by atoms with van der Waals surface area (Å²) in [5.74, 6) is -0.162. The Hall–Kier alpha value is -3.78. The number of phenols is 2. The molecule has 0 unspecified atom stereocenters. The summed E-state index contributed by atoms with van der Waals surface area (Å²) in [5, 5.41) is 31.5. The summed E-state index contributed by atoms with van der Waals surface area (Å²) in [4.78, 5) is 0. The van der Waals surface area contributed by atoms with Gasteiger partial charge in [0.15, 0.2) is 11.5 Å². The zero-order valence-electron chi connectivity index (χ0n) is 15.0. The molecule has 2 heteroatoms. The summed E-state index contributed by atoms with van der Waals surface area (Å²) in [6.07, 6.45) is 0. The predicted molar refractivity (Wildman–Crippen MR) is 117 cm³/mol. The Bertz CT molecular complexity index is 1560. The molecule has 2 N–H and O–H groups in total. The van der Waals surface area contributed by atoms with Crippen LogP contribution in [0.15, 0.2) is 84.9 Å². The van der Waals surface area contributed by atoms with Gasteiger partial charge in [-0.05, 0) is 66.7 Å². The summed E-state index contributed by atoms with van der Waals surface area (Å²) >= 11 is 0. The molecule has 28 heavy (non-hydrogen) atoms. The molecule has 0 aliphatic heterocycles. The highest BCUT2D eigenvalue weighted by Crippen LogP contribution is 2.44. The van der Waals surface area contributed by atoms with Crippen LogP contribution in [0.2, 0.25) is 0 Å². The van der Waals surface area contributed by atoms with Gasteiger partial charge in [-0.25, -0.2) is 0 Å². The van der Waals surface area contributed by atoms with Crippen LogP contribution in [-0.2, 0) is 0 Å². The number of phenolic OH excluding ortho intramolecular Hbond substituents is 2. The van der Waals surface area contributed by atoms with Crippen LogP contribution < -0.4 is 0 Å². The molecule has 0 aliphatic carbocycles. The van der Waals surface area contributed by atoms with Crippen molar-refractivity contribution in [2.45, 2.75) is 0 Å². The Kier molecular flexibility index (Phi) is 2.93. The second-order valence-corrected chi connectivity index (χ2v) is 7.27. The minimum atomic E-state index is -0.0945. The van der Waals surface area contributed by atoms with E-state index in [4.69, 9.17) is 0 Å². The van der Waals surface area contributed by atoms with Crippen LogP contribution in [0.3, 0.4) is 0 Å². The number of hydrogen-bond acceptors (Lipinski definition) is 2. The Morgan fingerprint density at radius 1 is 0.393 bits per heavy atom. The fraction of sp³-hybridized carbons (Fsp3) is 0. The zero-order chi connectivity index (χ0) is 18.8. The van der Waals surface area contributed by atoms with Crippen molar-refractivity contribution in [3.63, 3.8) is 0 Å². The molecule has 0 bridgehead atoms. The SMILES string of the molecule is Oc1ccc2c(ccc3c4ccc5ccccc5c4c4ccccc4c23)c1O. The quantitative estimate of drug-likeness (QED) is 0.229. The standard InChI is InChI=1S/C26H16O2/c27-23-14-13-21-22(26(23)28)12-11-20-19-10-9-15-5-1-2-6-16(15)24(19)17-7-3-4-8-18(17)25(20)21/h1-14,27-28H. The first-order valence-electron chi connectivity index (χ1n) is 9.33. The second-order valence-electron chi connectivity index (χ2n) is 7.27. The van der Waals surface area contributed by atoms with Gasteiger partial charge in [0.25, 0.3) is 0 Å². The van der Waals surface area contributed by atoms with Crippen molar-refractivity contribution >= 4 is 53.9 Å². The van der Waals surface area contributed by atoms with E-state index in [0.717, 1.165) is 21.5 Å². The molecule has 2 nitrogen and oxygen atoms in total. The smallest absolute Gasteiger partial charge is 0.165 e. The van der Waals surface area contributed by atoms with E-state index in [2.05, 4.69) is 66.7 Å². The largest absolute Gasteiger partial charge is 0.504 e. The van der Waals surface area contributed by atoms with Crippen molar-refractivity contribution in [3.8, 4) is 11.5 Å². The molecule has 0 atom stereocenters. The third-order valence-electron chi connectivity index (χ3n) is 5.84. The summed E-state index contributed by atoms with van der Waals surface area (Å²) in [6.45, 7) is 0. The lowest BCUT2D eigenvalue weighted by atomic mass is 9.89. The van der Waals surface area contributed by atoms with Gasteiger partial charge in [0.2, 0.25) is 0 Å². The summed E-state index contributed by atoms with van der Waals surface area (Å²) in [7, 11) is 0. The van der Waals surface area contributed by atoms with Crippen molar-refractivity contribution in [1.82, 2.24) is 0 Å². The van der Waals surface area contributed by atoms with Gasteiger partial charge in [-0.2, -0.15) is 0 Å². The maximum Gasteiger partial charge on any atom is 0.165 e. The molecule has 0 saturated heterocycles. The van der Waals surface area contributed by atoms with Gasteiger partial charge in [-0.3, -0.25) is 0 Å². The topological polar surface area (TPSA) is 40.5 Å². The van der Waals surface area contributed by atoms with Crippen molar-refractivity contribution in [2.24, 2.45) is 0 Å². The Balaban J connectivity index is 2.00. The molecule has 0 saturated carbocycles. The average Bonchev–Trinajstić information content (AvgIpc) is 2.75. The second kappa shape index (κ2) is 5.37. The van der Waals surface area contributed by atoms with Gasteiger partial charge in [0, 0.05) is 5.39 Å². The van der Waals surface area contributed by atoms with Gasteiger partial charge >= 0.3 is 0 Å². The van der Waals surface area contributed by atoms with Crippen molar-refractivity contribution in [1.29, 1.82) is 0 Å². The number of hydrogen-bond donors (Lipinski definition) is 2. The number of rotatable bonds is 0. The minimum absolute atomic E-state index is 0.0675. The monoisotopic (exact) mass is 360 g/mol. The lowest BCUT2D eigenvalue weighted by molar-refractivity contribution is 0.408. The van der Waals surface area contributed by atoms with Crippen molar-refractivity contribution < 1.29 is 10.2 Å². The summed E-state index contributed by atoms with van der Waals surface area (Å²) in [6, 6.07) is 28.7. The van der Waals surface area contributed by atoms with Gasteiger partial charge in [-0.15, -0.1) is 0 Å². The Labute approximate surface area is 160 Å². The number of fused-ring (bicyclic) bond motifs is 10. The van der Waals surface area contributed by atoms with Crippen molar-refractivity contribution in [2.75, 3.05) is 0 Å². The van der Waals surface area contributed by atoms with E-state index in [0.29, 0.717) is 5.39 Å². The first-order valence-corrected chi connectivity index (χ1v) is 9.33. The lowest BCUT2D eigenvalue weighted by Gasteiger charge is -2.15. The number of benzene rings is 6. The summed E-state index contributed by atoms with van der Waals surface area (Å²) < 4.78 is 0. The maximum absolute atomic E-state index is 10.4. The van der Waals surface area contributed by atoms with Crippen LogP contribution in [0.1, 0.15) is 0 Å². The minimum Gasteiger partial charge on any atom is -0.504 e. The van der Waals surface area contributed by atoms with E-state index in [1.807, 2.05) is 12.1 Å². The van der Waals surface area contributed by atoms with Crippen LogP contribution in [0.5, 0.6) is 11.5 Å². The number of aromatic hydroxyl groups is 2. The highest BCUT2D eigenvalue weighted by molar-refractivity contribution is 6.35. The van der Waals surface area contributed by atoms with Crippen LogP contribution in [0.4, 0.5) is 0 Å². The molecule has 132 valence electrons. The maximum atomic E-state index is 10.4. The van der Waals surface area contributed by atoms with Gasteiger partial charge < -0.3 is 10.2 Å². The molecule has 6 aromatic carbocycles. The molecule has 0 heterocycles. The molecule has 0 fully saturated rings. The average molecular weight is 360 g/mol. The van der Waals surface area contributed by atoms with Crippen LogP contribution >= 0.6 is 0 Å². The molecule has 6 aromatic rings. The van der Waals surface area contributed by atoms with E-state index < -0.39 is 0 Å². The van der Waals surface area contributed by atoms with E-state index in [-0.39, 0.29) is 11.5 Å². The van der Waals surface area contributed by atoms with Crippen LogP contribution in [0.25, 0.3) is 53.9 Å². The Morgan fingerprint density at radius 3 is 1.61 bits per heavy atom. The molecule has 0 spiro atoms. The molecular weight excluding hydrogens is 344 g/mol. The van der Waals surface area contributed by atoms with Gasteiger partial charge in [0.1, 0.15) is 0 Å². The molecule has 0 aromatic heterocycles. The molecule has 0 radical (unpaired) electrons.